The van der Waals surface area contributed by atoms with E-state index in [4.69, 9.17) is 10.5 Å². The van der Waals surface area contributed by atoms with E-state index in [1.807, 2.05) is 39.0 Å². The second-order valence-electron chi connectivity index (χ2n) is 8.54. The lowest BCUT2D eigenvalue weighted by molar-refractivity contribution is 0.00696. The highest BCUT2D eigenvalue weighted by Crippen LogP contribution is 2.28. The molecule has 27 heavy (non-hydrogen) atoms. The first kappa shape index (κ1) is 20.4. The van der Waals surface area contributed by atoms with Gasteiger partial charge in [-0.05, 0) is 62.1 Å². The number of aromatic nitrogens is 2. The van der Waals surface area contributed by atoms with Crippen LogP contribution in [0.2, 0.25) is 0 Å². The predicted octanol–water partition coefficient (Wildman–Crippen LogP) is 4.72. The summed E-state index contributed by atoms with van der Waals surface area (Å²) in [5.74, 6) is -0.137. The highest BCUT2D eigenvalue weighted by molar-refractivity contribution is 5.94. The number of benzene rings is 2. The van der Waals surface area contributed by atoms with Crippen molar-refractivity contribution in [1.29, 1.82) is 0 Å². The van der Waals surface area contributed by atoms with Crippen LogP contribution in [0.1, 0.15) is 57.5 Å². The average molecular weight is 371 g/mol. The summed E-state index contributed by atoms with van der Waals surface area (Å²) >= 11 is 0. The molecule has 0 atom stereocenters. The van der Waals surface area contributed by atoms with Crippen molar-refractivity contribution >= 4 is 22.7 Å². The van der Waals surface area contributed by atoms with E-state index < -0.39 is 5.60 Å². The van der Waals surface area contributed by atoms with Crippen LogP contribution in [0, 0.1) is 0 Å². The van der Waals surface area contributed by atoms with Gasteiger partial charge in [-0.25, -0.2) is 4.79 Å². The van der Waals surface area contributed by atoms with E-state index in [1.54, 1.807) is 18.2 Å². The topological polar surface area (TPSA) is 104 Å². The van der Waals surface area contributed by atoms with Gasteiger partial charge in [0.2, 0.25) is 0 Å². The SMILES string of the molecule is CC(C)(C)OC(=O)c1ccc2[nH][nH]c2c1.CC(C)(C)c1ccc(O)c(N)c1. The smallest absolute Gasteiger partial charge is 0.338 e. The fourth-order valence-electron chi connectivity index (χ4n) is 2.31. The molecule has 0 aliphatic rings. The van der Waals surface area contributed by atoms with Crippen molar-refractivity contribution in [2.24, 2.45) is 0 Å². The minimum atomic E-state index is -0.453. The number of aromatic amines is 2. The highest BCUT2D eigenvalue weighted by atomic mass is 16.6. The molecule has 0 amide bonds. The molecule has 0 aliphatic heterocycles. The summed E-state index contributed by atoms with van der Waals surface area (Å²) < 4.78 is 5.26. The lowest BCUT2D eigenvalue weighted by Gasteiger charge is -2.19. The number of phenols is 1. The van der Waals surface area contributed by atoms with Crippen molar-refractivity contribution in [3.8, 4) is 5.75 Å². The van der Waals surface area contributed by atoms with Gasteiger partial charge in [-0.1, -0.05) is 26.8 Å². The van der Waals surface area contributed by atoms with Gasteiger partial charge in [-0.15, -0.1) is 0 Å². The molecule has 6 nitrogen and oxygen atoms in total. The maximum atomic E-state index is 11.7. The number of nitrogens with two attached hydrogens (primary N) is 1. The fraction of sp³-hybridized carbons (Fsp3) is 0.381. The molecule has 0 fully saturated rings. The molecule has 0 saturated heterocycles. The maximum absolute atomic E-state index is 11.7. The third kappa shape index (κ3) is 5.54. The number of carbonyl (C=O) groups is 1. The normalized spacial score (nSPS) is 11.8. The largest absolute Gasteiger partial charge is 0.506 e. The van der Waals surface area contributed by atoms with E-state index in [0.29, 0.717) is 11.3 Å². The van der Waals surface area contributed by atoms with Gasteiger partial charge in [-0.2, -0.15) is 0 Å². The third-order valence-electron chi connectivity index (χ3n) is 3.88. The number of anilines is 1. The first-order chi connectivity index (χ1) is 12.4. The Bertz CT molecular complexity index is 924. The van der Waals surface area contributed by atoms with Crippen molar-refractivity contribution < 1.29 is 14.6 Å². The third-order valence-corrected chi connectivity index (χ3v) is 3.88. The zero-order valence-electron chi connectivity index (χ0n) is 16.8. The number of nitrogen functional groups attached to an aromatic ring is 1. The number of rotatable bonds is 1. The number of hydrogen-bond acceptors (Lipinski definition) is 4. The predicted molar refractivity (Wildman–Crippen MR) is 109 cm³/mol. The van der Waals surface area contributed by atoms with Gasteiger partial charge in [0.25, 0.3) is 0 Å². The number of phenolic OH excluding ortho intramolecular Hbond substituents is 1. The summed E-state index contributed by atoms with van der Waals surface area (Å²) in [4.78, 5) is 11.7. The zero-order chi connectivity index (χ0) is 20.4. The molecule has 0 aliphatic carbocycles. The highest BCUT2D eigenvalue weighted by Gasteiger charge is 2.18. The summed E-state index contributed by atoms with van der Waals surface area (Å²) in [6, 6.07) is 10.7. The lowest BCUT2D eigenvalue weighted by atomic mass is 9.87. The van der Waals surface area contributed by atoms with Crippen LogP contribution in [-0.4, -0.2) is 26.9 Å². The summed E-state index contributed by atoms with van der Waals surface area (Å²) in [5, 5.41) is 15.0. The van der Waals surface area contributed by atoms with Gasteiger partial charge in [0.05, 0.1) is 22.3 Å². The monoisotopic (exact) mass is 371 g/mol. The number of fused-ring (bicyclic) bond motifs is 1. The molecule has 0 saturated carbocycles. The van der Waals surface area contributed by atoms with Crippen molar-refractivity contribution in [2.75, 3.05) is 5.73 Å². The molecule has 0 bridgehead atoms. The van der Waals surface area contributed by atoms with E-state index in [9.17, 15) is 9.90 Å². The fourth-order valence-corrected chi connectivity index (χ4v) is 2.31. The number of aromatic hydroxyl groups is 1. The molecule has 1 heterocycles. The summed E-state index contributed by atoms with van der Waals surface area (Å²) in [6.07, 6.45) is 0. The number of hydrogen-bond donors (Lipinski definition) is 4. The second kappa shape index (κ2) is 7.39. The number of carbonyl (C=O) groups excluding carboxylic acids is 1. The molecule has 1 aromatic heterocycles. The molecule has 0 spiro atoms. The first-order valence-corrected chi connectivity index (χ1v) is 8.85. The molecule has 5 N–H and O–H groups in total. The van der Waals surface area contributed by atoms with Crippen molar-refractivity contribution in [3.63, 3.8) is 0 Å². The second-order valence-corrected chi connectivity index (χ2v) is 8.54. The van der Waals surface area contributed by atoms with Gasteiger partial charge in [0.1, 0.15) is 11.4 Å². The zero-order valence-corrected chi connectivity index (χ0v) is 16.8. The van der Waals surface area contributed by atoms with Crippen LogP contribution in [0.5, 0.6) is 5.75 Å². The Balaban J connectivity index is 0.000000199. The van der Waals surface area contributed by atoms with Crippen LogP contribution < -0.4 is 5.73 Å². The lowest BCUT2D eigenvalue weighted by Crippen LogP contribution is -2.23. The molecule has 2 aromatic carbocycles. The van der Waals surface area contributed by atoms with Crippen LogP contribution in [0.4, 0.5) is 5.69 Å². The molecule has 6 heteroatoms. The van der Waals surface area contributed by atoms with E-state index >= 15 is 0 Å². The number of nitrogens with one attached hydrogen (secondary N) is 2. The minimum absolute atomic E-state index is 0.0851. The van der Waals surface area contributed by atoms with Gasteiger partial charge in [0.15, 0.2) is 0 Å². The average Bonchev–Trinajstić information content (AvgIpc) is 2.49. The Morgan fingerprint density at radius 1 is 0.963 bits per heavy atom. The van der Waals surface area contributed by atoms with E-state index in [0.717, 1.165) is 16.6 Å². The summed E-state index contributed by atoms with van der Waals surface area (Å²) in [5.41, 5.74) is 9.28. The van der Waals surface area contributed by atoms with Crippen molar-refractivity contribution in [1.82, 2.24) is 10.2 Å². The minimum Gasteiger partial charge on any atom is -0.506 e. The first-order valence-electron chi connectivity index (χ1n) is 8.85. The molecular formula is C21H29N3O3. The van der Waals surface area contributed by atoms with Gasteiger partial charge in [-0.3, -0.25) is 10.2 Å². The Labute approximate surface area is 159 Å². The van der Waals surface area contributed by atoms with E-state index in [2.05, 4.69) is 31.0 Å². The van der Waals surface area contributed by atoms with Crippen LogP contribution >= 0.6 is 0 Å². The van der Waals surface area contributed by atoms with Crippen molar-refractivity contribution in [2.45, 2.75) is 52.6 Å². The van der Waals surface area contributed by atoms with Crippen molar-refractivity contribution in [3.05, 3.63) is 47.5 Å². The molecule has 3 rings (SSSR count). The van der Waals surface area contributed by atoms with Crippen LogP contribution in [0.3, 0.4) is 0 Å². The van der Waals surface area contributed by atoms with Crippen LogP contribution in [-0.2, 0) is 10.2 Å². The maximum Gasteiger partial charge on any atom is 0.338 e. The standard InChI is InChI=1S/C11H14N2O2.C10H15NO/c1-11(2,3)15-10(14)7-4-5-8-9(6-7)13-12-8;1-10(2,3)7-4-5-9(12)8(11)6-7/h4-6,12-13H,1-3H3;4-6,12H,11H2,1-3H3. The quantitative estimate of drug-likeness (QED) is 0.282. The van der Waals surface area contributed by atoms with Crippen LogP contribution in [0.15, 0.2) is 36.4 Å². The molecule has 0 unspecified atom stereocenters. The molecule has 3 aromatic rings. The molecular weight excluding hydrogens is 342 g/mol. The van der Waals surface area contributed by atoms with Gasteiger partial charge in [0, 0.05) is 0 Å². The van der Waals surface area contributed by atoms with E-state index in [-0.39, 0.29) is 17.1 Å². The summed E-state index contributed by atoms with van der Waals surface area (Å²) in [6.45, 7) is 11.9. The Kier molecular flexibility index (Phi) is 5.59. The molecule has 146 valence electrons. The Morgan fingerprint density at radius 2 is 1.59 bits per heavy atom. The number of esters is 1. The number of ether oxygens (including phenoxy) is 1. The van der Waals surface area contributed by atoms with E-state index in [1.165, 1.54) is 0 Å². The summed E-state index contributed by atoms with van der Waals surface area (Å²) in [7, 11) is 0. The Morgan fingerprint density at radius 3 is 2.04 bits per heavy atom. The number of H-pyrrole nitrogens is 2. The molecule has 0 radical (unpaired) electrons. The Hall–Kier alpha value is -2.89. The van der Waals surface area contributed by atoms with Crippen LogP contribution in [0.25, 0.3) is 11.0 Å². The van der Waals surface area contributed by atoms with Gasteiger partial charge < -0.3 is 15.6 Å². The van der Waals surface area contributed by atoms with Gasteiger partial charge >= 0.3 is 5.97 Å².